The number of ether oxygens (including phenoxy) is 4. The fraction of sp³-hybridized carbons (Fsp3) is 0.852. The summed E-state index contributed by atoms with van der Waals surface area (Å²) >= 11 is 0. The van der Waals surface area contributed by atoms with Crippen LogP contribution in [-0.2, 0) is 38.1 Å². The van der Waals surface area contributed by atoms with Gasteiger partial charge >= 0.3 is 23.9 Å². The van der Waals surface area contributed by atoms with Crippen LogP contribution >= 0.6 is 0 Å². The van der Waals surface area contributed by atoms with Crippen LogP contribution in [0, 0.1) is 0 Å². The molecule has 0 amide bonds. The lowest BCUT2D eigenvalue weighted by Gasteiger charge is -2.17. The van der Waals surface area contributed by atoms with Crippen molar-refractivity contribution in [1.82, 2.24) is 0 Å². The number of unbranched alkanes of at least 4 members (excludes halogenated alkanes) is 10. The van der Waals surface area contributed by atoms with Crippen LogP contribution in [0.5, 0.6) is 0 Å². The molecule has 0 heterocycles. The van der Waals surface area contributed by atoms with Crippen LogP contribution in [0.3, 0.4) is 0 Å². The Labute approximate surface area is 211 Å². The number of hydrogen-bond donors (Lipinski definition) is 0. The summed E-state index contributed by atoms with van der Waals surface area (Å²) in [5.74, 6) is -1.57. The van der Waals surface area contributed by atoms with Gasteiger partial charge in [-0.1, -0.05) is 64.7 Å². The summed E-state index contributed by atoms with van der Waals surface area (Å²) < 4.78 is 20.5. The highest BCUT2D eigenvalue weighted by Crippen LogP contribution is 2.17. The highest BCUT2D eigenvalue weighted by Gasteiger charge is 2.17. The Morgan fingerprint density at radius 2 is 1.00 bits per heavy atom. The van der Waals surface area contributed by atoms with Crippen LogP contribution in [0.1, 0.15) is 124 Å². The molecule has 0 aliphatic heterocycles. The van der Waals surface area contributed by atoms with Crippen molar-refractivity contribution in [2.45, 2.75) is 136 Å². The van der Waals surface area contributed by atoms with Gasteiger partial charge < -0.3 is 18.9 Å². The van der Waals surface area contributed by atoms with E-state index in [0.717, 1.165) is 57.8 Å². The molecule has 35 heavy (non-hydrogen) atoms. The zero-order valence-electron chi connectivity index (χ0n) is 22.4. The van der Waals surface area contributed by atoms with Gasteiger partial charge in [-0.3, -0.25) is 19.2 Å². The van der Waals surface area contributed by atoms with Crippen molar-refractivity contribution in [3.05, 3.63) is 0 Å². The summed E-state index contributed by atoms with van der Waals surface area (Å²) in [6.45, 7) is 5.93. The van der Waals surface area contributed by atoms with E-state index in [9.17, 15) is 19.2 Å². The zero-order chi connectivity index (χ0) is 26.3. The molecular formula is C27H48O8. The Morgan fingerprint density at radius 3 is 1.51 bits per heavy atom. The van der Waals surface area contributed by atoms with Gasteiger partial charge in [0.15, 0.2) is 6.10 Å². The summed E-state index contributed by atoms with van der Waals surface area (Å²) in [5, 5.41) is 0. The molecule has 204 valence electrons. The average molecular weight is 501 g/mol. The second-order valence-corrected chi connectivity index (χ2v) is 9.16. The number of esters is 4. The van der Waals surface area contributed by atoms with Crippen LogP contribution in [0.15, 0.2) is 0 Å². The van der Waals surface area contributed by atoms with E-state index in [-0.39, 0.29) is 31.3 Å². The van der Waals surface area contributed by atoms with E-state index in [1.165, 1.54) is 52.9 Å². The molecule has 0 aliphatic rings. The van der Waals surface area contributed by atoms with Crippen molar-refractivity contribution in [3.8, 4) is 0 Å². The Morgan fingerprint density at radius 1 is 0.543 bits per heavy atom. The van der Waals surface area contributed by atoms with Crippen molar-refractivity contribution in [2.24, 2.45) is 0 Å². The Balaban J connectivity index is 3.88. The van der Waals surface area contributed by atoms with Gasteiger partial charge in [0.1, 0.15) is 19.3 Å². The van der Waals surface area contributed by atoms with E-state index >= 15 is 0 Å². The molecule has 0 rings (SSSR count). The maximum atomic E-state index is 11.9. The fourth-order valence-electron chi connectivity index (χ4n) is 3.82. The first kappa shape index (κ1) is 32.9. The topological polar surface area (TPSA) is 105 Å². The normalized spacial score (nSPS) is 12.5. The van der Waals surface area contributed by atoms with Gasteiger partial charge in [0, 0.05) is 27.2 Å². The van der Waals surface area contributed by atoms with Gasteiger partial charge in [0.2, 0.25) is 0 Å². The first-order chi connectivity index (χ1) is 16.7. The minimum Gasteiger partial charge on any atom is -0.463 e. The highest BCUT2D eigenvalue weighted by atomic mass is 16.6. The molecule has 8 nitrogen and oxygen atoms in total. The van der Waals surface area contributed by atoms with Gasteiger partial charge in [-0.25, -0.2) is 0 Å². The molecule has 0 spiro atoms. The largest absolute Gasteiger partial charge is 0.463 e. The average Bonchev–Trinajstić information content (AvgIpc) is 2.78. The number of rotatable bonds is 22. The molecule has 0 fully saturated rings. The van der Waals surface area contributed by atoms with Crippen LogP contribution in [0.2, 0.25) is 0 Å². The number of hydrogen-bond acceptors (Lipinski definition) is 8. The molecule has 0 aromatic rings. The molecule has 2 unspecified atom stereocenters. The molecular weight excluding hydrogens is 452 g/mol. The third-order valence-corrected chi connectivity index (χ3v) is 5.60. The first-order valence-corrected chi connectivity index (χ1v) is 13.4. The quantitative estimate of drug-likeness (QED) is 0.104. The maximum Gasteiger partial charge on any atom is 0.305 e. The van der Waals surface area contributed by atoms with Crippen LogP contribution < -0.4 is 0 Å². The second-order valence-electron chi connectivity index (χ2n) is 9.16. The molecule has 0 N–H and O–H groups in total. The highest BCUT2D eigenvalue weighted by molar-refractivity contribution is 5.69. The van der Waals surface area contributed by atoms with E-state index < -0.39 is 18.0 Å². The zero-order valence-corrected chi connectivity index (χ0v) is 22.4. The van der Waals surface area contributed by atoms with Crippen molar-refractivity contribution < 1.29 is 38.1 Å². The lowest BCUT2D eigenvalue weighted by molar-refractivity contribution is -0.164. The van der Waals surface area contributed by atoms with Gasteiger partial charge in [-0.2, -0.15) is 0 Å². The summed E-state index contributed by atoms with van der Waals surface area (Å²) in [7, 11) is 0. The van der Waals surface area contributed by atoms with Crippen molar-refractivity contribution in [3.63, 3.8) is 0 Å². The molecule has 0 aliphatic carbocycles. The Hall–Kier alpha value is -2.12. The molecule has 2 atom stereocenters. The van der Waals surface area contributed by atoms with Gasteiger partial charge in [-0.15, -0.1) is 0 Å². The predicted molar refractivity (Wildman–Crippen MR) is 134 cm³/mol. The lowest BCUT2D eigenvalue weighted by Crippen LogP contribution is -2.29. The first-order valence-electron chi connectivity index (χ1n) is 13.4. The van der Waals surface area contributed by atoms with E-state index in [1.54, 1.807) is 0 Å². The molecule has 0 aromatic carbocycles. The van der Waals surface area contributed by atoms with Crippen molar-refractivity contribution >= 4 is 23.9 Å². The summed E-state index contributed by atoms with van der Waals surface area (Å²) in [6, 6.07) is 0. The third-order valence-electron chi connectivity index (χ3n) is 5.60. The summed E-state index contributed by atoms with van der Waals surface area (Å²) in [4.78, 5) is 45.3. The van der Waals surface area contributed by atoms with E-state index in [1.807, 2.05) is 0 Å². The summed E-state index contributed by atoms with van der Waals surface area (Å²) in [6.07, 6.45) is 14.7. The molecule has 0 saturated heterocycles. The van der Waals surface area contributed by atoms with Gasteiger partial charge in [0.25, 0.3) is 0 Å². The molecule has 0 bridgehead atoms. The minimum atomic E-state index is -0.794. The lowest BCUT2D eigenvalue weighted by atomic mass is 10.0. The van der Waals surface area contributed by atoms with Gasteiger partial charge in [-0.05, 0) is 32.1 Å². The van der Waals surface area contributed by atoms with Crippen LogP contribution in [-0.4, -0.2) is 49.3 Å². The molecule has 0 aromatic heterocycles. The van der Waals surface area contributed by atoms with E-state index in [2.05, 4.69) is 6.92 Å². The molecule has 0 radical (unpaired) electrons. The van der Waals surface area contributed by atoms with Crippen molar-refractivity contribution in [1.29, 1.82) is 0 Å². The number of carbonyl (C=O) groups is 4. The monoisotopic (exact) mass is 500 g/mol. The molecule has 8 heteroatoms. The predicted octanol–water partition coefficient (Wildman–Crippen LogP) is 5.83. The fourth-order valence-corrected chi connectivity index (χ4v) is 3.82. The second kappa shape index (κ2) is 22.4. The smallest absolute Gasteiger partial charge is 0.305 e. The third kappa shape index (κ3) is 23.4. The Kier molecular flexibility index (Phi) is 21.0. The maximum absolute atomic E-state index is 11.9. The van der Waals surface area contributed by atoms with Crippen LogP contribution in [0.4, 0.5) is 0 Å². The summed E-state index contributed by atoms with van der Waals surface area (Å²) in [5.41, 5.74) is 0. The van der Waals surface area contributed by atoms with Crippen LogP contribution in [0.25, 0.3) is 0 Å². The SMILES string of the molecule is CCCCCCCCC(CCCCCCCCC(=O)OCC(COC(C)=O)OC(C)=O)OC(C)=O. The minimum absolute atomic E-state index is 0.0325. The Bertz CT molecular complexity index is 590. The molecule has 0 saturated carbocycles. The van der Waals surface area contributed by atoms with Crippen molar-refractivity contribution in [2.75, 3.05) is 13.2 Å². The standard InChI is InChI=1S/C27H48O8/c1-5-6-7-8-11-14-17-25(34-23(3)29)18-15-12-9-10-13-16-19-27(31)33-21-26(35-24(4)30)20-32-22(2)28/h25-26H,5-21H2,1-4H3. The number of carbonyl (C=O) groups excluding carboxylic acids is 4. The van der Waals surface area contributed by atoms with Gasteiger partial charge in [0.05, 0.1) is 0 Å². The van der Waals surface area contributed by atoms with E-state index in [4.69, 9.17) is 18.9 Å². The van der Waals surface area contributed by atoms with E-state index in [0.29, 0.717) is 6.42 Å².